The van der Waals surface area contributed by atoms with Crippen molar-refractivity contribution >= 4 is 61.9 Å². The minimum absolute atomic E-state index is 0.0569. The topological polar surface area (TPSA) is 87.1 Å². The van der Waals surface area contributed by atoms with E-state index in [1.807, 2.05) is 56.3 Å². The number of halogens is 1. The highest BCUT2D eigenvalue weighted by molar-refractivity contribution is 9.09. The van der Waals surface area contributed by atoms with Gasteiger partial charge in [0.05, 0.1) is 29.2 Å². The van der Waals surface area contributed by atoms with E-state index in [9.17, 15) is 19.5 Å². The number of fused-ring (bicyclic) bond motifs is 2. The average Bonchev–Trinajstić information content (AvgIpc) is 3.55. The first-order valence-corrected chi connectivity index (χ1v) is 15.9. The van der Waals surface area contributed by atoms with Crippen LogP contribution in [-0.2, 0) is 19.1 Å². The molecule has 3 heterocycles. The number of aliphatic hydroxyl groups is 1. The molecule has 9 heteroatoms. The molecule has 7 nitrogen and oxygen atoms in total. The zero-order chi connectivity index (χ0) is 29.5. The number of aliphatic hydroxyl groups excluding tert-OH is 1. The van der Waals surface area contributed by atoms with Crippen LogP contribution in [0.4, 0.5) is 5.69 Å². The van der Waals surface area contributed by atoms with E-state index < -0.39 is 34.6 Å². The molecule has 3 aliphatic rings. The predicted molar refractivity (Wildman–Crippen MR) is 167 cm³/mol. The van der Waals surface area contributed by atoms with Crippen LogP contribution >= 0.6 is 27.7 Å². The molecule has 3 saturated heterocycles. The standard InChI is InChI=1S/C32H37BrN2O5S/c1-5-13-34(22-12-11-20-9-7-8-10-21(20)16-22)30(38)28-32-17-24(33)27(41-32)25(31(39)40-14-6-2)26(32)29(37)35(28)23(18-36)15-19(3)4/h5-12,16,19,23-28,36H,1-2,13-15,17-18H2,3-4H3/t23-,24?,25+,26+,27+,28?,32?/m1/s1. The quantitative estimate of drug-likeness (QED) is 0.212. The van der Waals surface area contributed by atoms with Crippen molar-refractivity contribution in [2.75, 3.05) is 24.7 Å². The highest BCUT2D eigenvalue weighted by Crippen LogP contribution is 2.68. The monoisotopic (exact) mass is 640 g/mol. The summed E-state index contributed by atoms with van der Waals surface area (Å²) >= 11 is 5.35. The first-order valence-electron chi connectivity index (χ1n) is 14.1. The number of nitrogens with zero attached hydrogens (tertiary/aromatic N) is 2. The van der Waals surface area contributed by atoms with Crippen molar-refractivity contribution in [2.45, 2.75) is 53.6 Å². The molecule has 0 aliphatic carbocycles. The molecular weight excluding hydrogens is 604 g/mol. The molecule has 2 bridgehead atoms. The van der Waals surface area contributed by atoms with E-state index >= 15 is 0 Å². The maximum Gasteiger partial charge on any atom is 0.311 e. The second-order valence-corrected chi connectivity index (χ2v) is 14.3. The fraction of sp³-hybridized carbons (Fsp3) is 0.469. The van der Waals surface area contributed by atoms with Crippen molar-refractivity contribution in [1.29, 1.82) is 0 Å². The van der Waals surface area contributed by atoms with Crippen LogP contribution in [0.3, 0.4) is 0 Å². The molecule has 3 fully saturated rings. The number of hydrogen-bond donors (Lipinski definition) is 1. The van der Waals surface area contributed by atoms with Gasteiger partial charge in [0, 0.05) is 22.3 Å². The molecule has 7 atom stereocenters. The minimum atomic E-state index is -0.866. The Morgan fingerprint density at radius 3 is 2.61 bits per heavy atom. The Bertz CT molecular complexity index is 1370. The van der Waals surface area contributed by atoms with E-state index in [0.717, 1.165) is 10.8 Å². The highest BCUT2D eigenvalue weighted by Gasteiger charge is 2.76. The van der Waals surface area contributed by atoms with E-state index in [2.05, 4.69) is 29.1 Å². The van der Waals surface area contributed by atoms with Crippen molar-refractivity contribution in [3.05, 3.63) is 67.8 Å². The first-order chi connectivity index (χ1) is 19.7. The van der Waals surface area contributed by atoms with E-state index in [0.29, 0.717) is 18.5 Å². The van der Waals surface area contributed by atoms with Crippen LogP contribution in [0.5, 0.6) is 0 Å². The summed E-state index contributed by atoms with van der Waals surface area (Å²) in [6.07, 6.45) is 4.28. The van der Waals surface area contributed by atoms with Crippen LogP contribution in [0, 0.1) is 17.8 Å². The fourth-order valence-corrected chi connectivity index (χ4v) is 10.6. The number of esters is 1. The summed E-state index contributed by atoms with van der Waals surface area (Å²) in [6.45, 7) is 11.7. The van der Waals surface area contributed by atoms with Crippen LogP contribution < -0.4 is 4.90 Å². The summed E-state index contributed by atoms with van der Waals surface area (Å²) in [7, 11) is 0. The molecule has 1 spiro atoms. The SMILES string of the molecule is C=CCOC(=O)[C@H]1[C@H]2C(=O)N([C@@H](CO)CC(C)C)C(C(=O)N(CC=C)c3ccc4ccccc4c3)C23CC(Br)[C@@H]1S3. The lowest BCUT2D eigenvalue weighted by molar-refractivity contribution is -0.153. The number of amides is 2. The number of hydrogen-bond acceptors (Lipinski definition) is 6. The molecule has 41 heavy (non-hydrogen) atoms. The molecule has 0 aromatic heterocycles. The molecule has 2 amide bonds. The molecule has 0 radical (unpaired) electrons. The lowest BCUT2D eigenvalue weighted by Gasteiger charge is -2.40. The van der Waals surface area contributed by atoms with E-state index in [1.54, 1.807) is 27.6 Å². The zero-order valence-corrected chi connectivity index (χ0v) is 25.9. The molecule has 218 valence electrons. The van der Waals surface area contributed by atoms with Gasteiger partial charge in [-0.3, -0.25) is 14.4 Å². The molecule has 2 aromatic carbocycles. The molecular formula is C32H37BrN2O5S. The van der Waals surface area contributed by atoms with Crippen molar-refractivity contribution in [1.82, 2.24) is 4.90 Å². The lowest BCUT2D eigenvalue weighted by Crippen LogP contribution is -2.58. The maximum absolute atomic E-state index is 14.9. The maximum atomic E-state index is 14.9. The number of thioether (sulfide) groups is 1. The Kier molecular flexibility index (Phi) is 8.69. The Balaban J connectivity index is 1.62. The van der Waals surface area contributed by atoms with Crippen molar-refractivity contribution in [2.24, 2.45) is 17.8 Å². The van der Waals surface area contributed by atoms with Gasteiger partial charge in [0.2, 0.25) is 5.91 Å². The van der Waals surface area contributed by atoms with Gasteiger partial charge in [-0.2, -0.15) is 0 Å². The summed E-state index contributed by atoms with van der Waals surface area (Å²) in [6, 6.07) is 12.4. The van der Waals surface area contributed by atoms with Crippen molar-refractivity contribution < 1.29 is 24.2 Å². The average molecular weight is 642 g/mol. The second kappa shape index (κ2) is 11.9. The summed E-state index contributed by atoms with van der Waals surface area (Å²) < 4.78 is 4.65. The molecule has 3 unspecified atom stereocenters. The Labute approximate surface area is 254 Å². The number of likely N-dealkylation sites (tertiary alicyclic amines) is 1. The molecule has 0 saturated carbocycles. The Hall–Kier alpha value is -2.62. The number of rotatable bonds is 11. The third-order valence-corrected chi connectivity index (χ3v) is 11.8. The van der Waals surface area contributed by atoms with Gasteiger partial charge in [-0.05, 0) is 41.7 Å². The van der Waals surface area contributed by atoms with E-state index in [1.165, 1.54) is 6.08 Å². The largest absolute Gasteiger partial charge is 0.461 e. The van der Waals surface area contributed by atoms with Gasteiger partial charge in [0.25, 0.3) is 5.91 Å². The van der Waals surface area contributed by atoms with Crippen LogP contribution in [0.15, 0.2) is 67.8 Å². The smallest absolute Gasteiger partial charge is 0.311 e. The number of carbonyl (C=O) groups excluding carboxylic acids is 3. The van der Waals surface area contributed by atoms with Gasteiger partial charge >= 0.3 is 5.97 Å². The molecule has 3 aliphatic heterocycles. The van der Waals surface area contributed by atoms with Crippen LogP contribution in [0.1, 0.15) is 26.7 Å². The third kappa shape index (κ3) is 5.04. The molecule has 1 N–H and O–H groups in total. The van der Waals surface area contributed by atoms with Crippen LogP contribution in [0.25, 0.3) is 10.8 Å². The van der Waals surface area contributed by atoms with E-state index in [-0.39, 0.29) is 47.6 Å². The summed E-state index contributed by atoms with van der Waals surface area (Å²) in [5, 5.41) is 12.4. The third-order valence-electron chi connectivity index (χ3n) is 8.55. The normalized spacial score (nSPS) is 29.0. The zero-order valence-electron chi connectivity index (χ0n) is 23.4. The summed E-state index contributed by atoms with van der Waals surface area (Å²) in [5.74, 6) is -2.17. The number of anilines is 1. The van der Waals surface area contributed by atoms with Gasteiger partial charge in [-0.1, -0.05) is 78.8 Å². The van der Waals surface area contributed by atoms with Gasteiger partial charge in [-0.25, -0.2) is 0 Å². The minimum Gasteiger partial charge on any atom is -0.461 e. The fourth-order valence-electron chi connectivity index (χ4n) is 7.01. The van der Waals surface area contributed by atoms with Gasteiger partial charge in [-0.15, -0.1) is 18.3 Å². The summed E-state index contributed by atoms with van der Waals surface area (Å²) in [4.78, 5) is 45.9. The number of carbonyl (C=O) groups is 3. The molecule has 2 aromatic rings. The Morgan fingerprint density at radius 1 is 1.22 bits per heavy atom. The van der Waals surface area contributed by atoms with Crippen LogP contribution in [0.2, 0.25) is 0 Å². The van der Waals surface area contributed by atoms with Gasteiger partial charge in [0.1, 0.15) is 12.6 Å². The summed E-state index contributed by atoms with van der Waals surface area (Å²) in [5.41, 5.74) is 0.708. The van der Waals surface area contributed by atoms with Gasteiger partial charge in [0.15, 0.2) is 0 Å². The Morgan fingerprint density at radius 2 is 1.95 bits per heavy atom. The molecule has 5 rings (SSSR count). The second-order valence-electron chi connectivity index (χ2n) is 11.6. The van der Waals surface area contributed by atoms with Crippen molar-refractivity contribution in [3.8, 4) is 0 Å². The lowest BCUT2D eigenvalue weighted by atomic mass is 9.71. The van der Waals surface area contributed by atoms with Gasteiger partial charge < -0.3 is 19.6 Å². The number of alkyl halides is 1. The first kappa shape index (κ1) is 29.9. The highest BCUT2D eigenvalue weighted by atomic mass is 79.9. The van der Waals surface area contributed by atoms with Crippen LogP contribution in [-0.4, -0.2) is 74.5 Å². The van der Waals surface area contributed by atoms with Crippen molar-refractivity contribution in [3.63, 3.8) is 0 Å². The number of ether oxygens (including phenoxy) is 1. The van der Waals surface area contributed by atoms with E-state index in [4.69, 9.17) is 4.74 Å². The predicted octanol–water partition coefficient (Wildman–Crippen LogP) is 4.96. The number of benzene rings is 2.